The second kappa shape index (κ2) is 7.95. The summed E-state index contributed by atoms with van der Waals surface area (Å²) in [6, 6.07) is 24.6. The maximum atomic E-state index is 13.9. The second-order valence-corrected chi connectivity index (χ2v) is 10.1. The summed E-state index contributed by atoms with van der Waals surface area (Å²) >= 11 is 0. The van der Waals surface area contributed by atoms with E-state index in [-0.39, 0.29) is 11.3 Å². The zero-order valence-corrected chi connectivity index (χ0v) is 19.3. The van der Waals surface area contributed by atoms with Gasteiger partial charge in [0.25, 0.3) is 10.0 Å². The van der Waals surface area contributed by atoms with Crippen LogP contribution in [0.4, 0.5) is 0 Å². The third-order valence-electron chi connectivity index (χ3n) is 6.27. The molecule has 5 aromatic rings. The highest BCUT2D eigenvalue weighted by Gasteiger charge is 2.26. The number of nitrogens with one attached hydrogen (secondary N) is 1. The molecule has 0 fully saturated rings. The van der Waals surface area contributed by atoms with Crippen molar-refractivity contribution in [2.75, 3.05) is 0 Å². The summed E-state index contributed by atoms with van der Waals surface area (Å²) < 4.78 is 29.2. The Morgan fingerprint density at radius 1 is 0.909 bits per heavy atom. The first-order valence-corrected chi connectivity index (χ1v) is 12.2. The first-order valence-electron chi connectivity index (χ1n) is 10.8. The van der Waals surface area contributed by atoms with E-state index in [1.807, 2.05) is 74.5 Å². The van der Waals surface area contributed by atoms with Gasteiger partial charge >= 0.3 is 0 Å². The van der Waals surface area contributed by atoms with E-state index in [1.165, 1.54) is 3.97 Å². The van der Waals surface area contributed by atoms with Crippen molar-refractivity contribution in [1.82, 2.24) is 8.96 Å². The van der Waals surface area contributed by atoms with Gasteiger partial charge in [0, 0.05) is 34.1 Å². The first kappa shape index (κ1) is 21.0. The van der Waals surface area contributed by atoms with Crippen molar-refractivity contribution in [3.8, 4) is 6.07 Å². The molecule has 2 aromatic heterocycles. The summed E-state index contributed by atoms with van der Waals surface area (Å²) in [5, 5.41) is 11.3. The quantitative estimate of drug-likeness (QED) is 0.374. The molecule has 3 aromatic carbocycles. The van der Waals surface area contributed by atoms with Crippen molar-refractivity contribution in [3.63, 3.8) is 0 Å². The van der Waals surface area contributed by atoms with Crippen LogP contribution in [0.15, 0.2) is 77.7 Å². The third kappa shape index (κ3) is 3.42. The molecule has 1 N–H and O–H groups in total. The monoisotopic (exact) mass is 453 g/mol. The average Bonchev–Trinajstić information content (AvgIpc) is 3.30. The number of rotatable bonds is 5. The number of benzene rings is 3. The highest BCUT2D eigenvalue weighted by Crippen LogP contribution is 2.33. The van der Waals surface area contributed by atoms with E-state index in [1.54, 1.807) is 12.1 Å². The molecule has 0 aliphatic heterocycles. The molecule has 0 unspecified atom stereocenters. The summed E-state index contributed by atoms with van der Waals surface area (Å²) in [4.78, 5) is 3.69. The van der Waals surface area contributed by atoms with Crippen molar-refractivity contribution in [1.29, 1.82) is 5.26 Å². The number of nitriles is 1. The molecule has 0 spiro atoms. The molecule has 0 radical (unpaired) electrons. The zero-order chi connectivity index (χ0) is 23.2. The summed E-state index contributed by atoms with van der Waals surface area (Å²) in [6.07, 6.45) is 0.626. The van der Waals surface area contributed by atoms with Gasteiger partial charge in [0.05, 0.1) is 22.9 Å². The van der Waals surface area contributed by atoms with E-state index >= 15 is 0 Å². The predicted octanol–water partition coefficient (Wildman–Crippen LogP) is 5.63. The smallest absolute Gasteiger partial charge is 0.268 e. The van der Waals surface area contributed by atoms with Crippen LogP contribution in [0.1, 0.15) is 28.1 Å². The van der Waals surface area contributed by atoms with Gasteiger partial charge in [0.2, 0.25) is 0 Å². The van der Waals surface area contributed by atoms with Gasteiger partial charge in [-0.3, -0.25) is 0 Å². The highest BCUT2D eigenvalue weighted by atomic mass is 32.2. The van der Waals surface area contributed by atoms with E-state index in [0.29, 0.717) is 17.6 Å². The SMILES string of the molecule is Cc1ccc(S(=O)(=O)n2c(Cc3[nH]c4ccccc4c3CC#N)c(C)c3ccccc32)cc1. The average molecular weight is 454 g/mol. The second-order valence-electron chi connectivity index (χ2n) is 8.31. The zero-order valence-electron chi connectivity index (χ0n) is 18.5. The molecular weight excluding hydrogens is 430 g/mol. The Morgan fingerprint density at radius 2 is 1.58 bits per heavy atom. The van der Waals surface area contributed by atoms with Crippen LogP contribution in [0.2, 0.25) is 0 Å². The molecule has 6 heteroatoms. The predicted molar refractivity (Wildman–Crippen MR) is 131 cm³/mol. The number of aromatic amines is 1. The minimum absolute atomic E-state index is 0.253. The van der Waals surface area contributed by atoms with E-state index in [9.17, 15) is 13.7 Å². The van der Waals surface area contributed by atoms with Crippen LogP contribution in [-0.4, -0.2) is 17.4 Å². The minimum atomic E-state index is -3.83. The Morgan fingerprint density at radius 3 is 2.30 bits per heavy atom. The van der Waals surface area contributed by atoms with Crippen LogP contribution in [0.5, 0.6) is 0 Å². The maximum absolute atomic E-state index is 13.9. The van der Waals surface area contributed by atoms with E-state index < -0.39 is 10.0 Å². The molecule has 0 saturated heterocycles. The molecule has 0 atom stereocenters. The van der Waals surface area contributed by atoms with E-state index in [2.05, 4.69) is 11.1 Å². The van der Waals surface area contributed by atoms with Gasteiger partial charge in [-0.25, -0.2) is 12.4 Å². The van der Waals surface area contributed by atoms with Gasteiger partial charge in [-0.05, 0) is 49.2 Å². The Labute approximate surface area is 193 Å². The number of fused-ring (bicyclic) bond motifs is 2. The number of hydrogen-bond donors (Lipinski definition) is 1. The molecule has 0 bridgehead atoms. The number of nitrogens with zero attached hydrogens (tertiary/aromatic N) is 2. The lowest BCUT2D eigenvalue weighted by atomic mass is 10.0. The maximum Gasteiger partial charge on any atom is 0.268 e. The normalized spacial score (nSPS) is 11.8. The van der Waals surface area contributed by atoms with Crippen LogP contribution in [0.3, 0.4) is 0 Å². The number of para-hydroxylation sites is 2. The lowest BCUT2D eigenvalue weighted by Crippen LogP contribution is -2.16. The molecule has 2 heterocycles. The van der Waals surface area contributed by atoms with Crippen LogP contribution >= 0.6 is 0 Å². The van der Waals surface area contributed by atoms with Gasteiger partial charge in [-0.2, -0.15) is 5.26 Å². The van der Waals surface area contributed by atoms with Crippen LogP contribution in [0, 0.1) is 25.2 Å². The molecule has 0 saturated carbocycles. The van der Waals surface area contributed by atoms with Gasteiger partial charge in [0.1, 0.15) is 0 Å². The van der Waals surface area contributed by atoms with Crippen LogP contribution in [-0.2, 0) is 22.9 Å². The molecular formula is C27H23N3O2S. The fraction of sp³-hybridized carbons (Fsp3) is 0.148. The lowest BCUT2D eigenvalue weighted by Gasteiger charge is -2.13. The van der Waals surface area contributed by atoms with Gasteiger partial charge in [-0.1, -0.05) is 54.1 Å². The molecule has 5 rings (SSSR count). The van der Waals surface area contributed by atoms with Gasteiger partial charge < -0.3 is 4.98 Å². The van der Waals surface area contributed by atoms with Crippen LogP contribution in [0.25, 0.3) is 21.8 Å². The lowest BCUT2D eigenvalue weighted by molar-refractivity contribution is 0.587. The van der Waals surface area contributed by atoms with Crippen molar-refractivity contribution in [2.24, 2.45) is 0 Å². The summed E-state index contributed by atoms with van der Waals surface area (Å²) in [5.41, 5.74) is 6.00. The summed E-state index contributed by atoms with van der Waals surface area (Å²) in [7, 11) is -3.83. The van der Waals surface area contributed by atoms with Gasteiger partial charge in [0.15, 0.2) is 0 Å². The highest BCUT2D eigenvalue weighted by molar-refractivity contribution is 7.90. The number of aryl methyl sites for hydroxylation is 2. The fourth-order valence-electron chi connectivity index (χ4n) is 4.57. The summed E-state index contributed by atoms with van der Waals surface area (Å²) in [6.45, 7) is 3.90. The Kier molecular flexibility index (Phi) is 5.07. The van der Waals surface area contributed by atoms with E-state index in [4.69, 9.17) is 0 Å². The largest absolute Gasteiger partial charge is 0.358 e. The third-order valence-corrected chi connectivity index (χ3v) is 8.03. The van der Waals surface area contributed by atoms with Crippen molar-refractivity contribution < 1.29 is 8.42 Å². The number of H-pyrrole nitrogens is 1. The van der Waals surface area contributed by atoms with Crippen molar-refractivity contribution >= 4 is 31.8 Å². The molecule has 0 amide bonds. The standard InChI is InChI=1S/C27H23N3O2S/c1-18-11-13-20(14-12-18)33(31,32)30-26-10-6-4-7-21(26)19(2)27(30)17-25-23(15-16-28)22-8-3-5-9-24(22)29-25/h3-14,29H,15,17H2,1-2H3. The Hall–Kier alpha value is -3.82. The molecule has 5 nitrogen and oxygen atoms in total. The fourth-order valence-corrected chi connectivity index (χ4v) is 6.17. The molecule has 0 aliphatic carbocycles. The number of hydrogen-bond acceptors (Lipinski definition) is 3. The Bertz CT molecular complexity index is 1650. The molecule has 164 valence electrons. The Balaban J connectivity index is 1.76. The first-order chi connectivity index (χ1) is 15.9. The van der Waals surface area contributed by atoms with Crippen molar-refractivity contribution in [2.45, 2.75) is 31.6 Å². The van der Waals surface area contributed by atoms with Crippen LogP contribution < -0.4 is 0 Å². The molecule has 0 aliphatic rings. The molecule has 33 heavy (non-hydrogen) atoms. The van der Waals surface area contributed by atoms with E-state index in [0.717, 1.165) is 38.7 Å². The summed E-state index contributed by atoms with van der Waals surface area (Å²) in [5.74, 6) is 0. The topological polar surface area (TPSA) is 78.7 Å². The van der Waals surface area contributed by atoms with Gasteiger partial charge in [-0.15, -0.1) is 0 Å². The number of aromatic nitrogens is 2. The minimum Gasteiger partial charge on any atom is -0.358 e. The van der Waals surface area contributed by atoms with Crippen molar-refractivity contribution in [3.05, 3.63) is 101 Å².